The molecule has 0 aliphatic rings. The fourth-order valence-electron chi connectivity index (χ4n) is 1.85. The number of rotatable bonds is 6. The molecule has 2 aromatic heterocycles. The van der Waals surface area contributed by atoms with Gasteiger partial charge < -0.3 is 4.42 Å². The summed E-state index contributed by atoms with van der Waals surface area (Å²) in [6.45, 7) is -0.0385. The SMILES string of the molecule is O=C(Cn1nc(-c2cccs2)oc1=O)NOCc1ccccc1. The first-order chi connectivity index (χ1) is 11.2. The zero-order valence-corrected chi connectivity index (χ0v) is 12.8. The van der Waals surface area contributed by atoms with Crippen LogP contribution in [0.2, 0.25) is 0 Å². The van der Waals surface area contributed by atoms with E-state index in [1.807, 2.05) is 41.8 Å². The standard InChI is InChI=1S/C15H13N3O4S/c19-13(17-21-10-11-5-2-1-3-6-11)9-18-15(20)22-14(16-18)12-7-4-8-23-12/h1-8H,9-10H2,(H,17,19). The van der Waals surface area contributed by atoms with E-state index < -0.39 is 11.7 Å². The number of hydroxylamine groups is 1. The number of benzene rings is 1. The third-order valence-electron chi connectivity index (χ3n) is 2.90. The molecule has 3 aromatic rings. The van der Waals surface area contributed by atoms with Gasteiger partial charge in [-0.15, -0.1) is 16.4 Å². The summed E-state index contributed by atoms with van der Waals surface area (Å²) < 4.78 is 5.97. The molecule has 0 aliphatic heterocycles. The van der Waals surface area contributed by atoms with Crippen molar-refractivity contribution < 1.29 is 14.0 Å². The normalized spacial score (nSPS) is 10.6. The number of hydrogen-bond acceptors (Lipinski definition) is 6. The zero-order valence-electron chi connectivity index (χ0n) is 12.0. The third-order valence-corrected chi connectivity index (χ3v) is 3.76. The molecule has 7 nitrogen and oxygen atoms in total. The summed E-state index contributed by atoms with van der Waals surface area (Å²) in [5, 5.41) is 5.84. The maximum atomic E-state index is 11.8. The molecule has 118 valence electrons. The number of carbonyl (C=O) groups is 1. The highest BCUT2D eigenvalue weighted by atomic mass is 32.1. The van der Waals surface area contributed by atoms with Gasteiger partial charge in [0.2, 0.25) is 0 Å². The van der Waals surface area contributed by atoms with Crippen molar-refractivity contribution in [3.8, 4) is 10.8 Å². The molecule has 2 heterocycles. The van der Waals surface area contributed by atoms with E-state index in [2.05, 4.69) is 10.6 Å². The van der Waals surface area contributed by atoms with Crippen LogP contribution in [0.4, 0.5) is 0 Å². The fourth-order valence-corrected chi connectivity index (χ4v) is 2.49. The van der Waals surface area contributed by atoms with Crippen molar-refractivity contribution in [1.82, 2.24) is 15.3 Å². The van der Waals surface area contributed by atoms with Gasteiger partial charge in [-0.25, -0.2) is 10.3 Å². The average Bonchev–Trinajstić information content (AvgIpc) is 3.19. The molecule has 1 aromatic carbocycles. The second-order valence-electron chi connectivity index (χ2n) is 4.61. The molecule has 1 amide bonds. The van der Waals surface area contributed by atoms with Gasteiger partial charge in [0.15, 0.2) is 0 Å². The summed E-state index contributed by atoms with van der Waals surface area (Å²) in [6.07, 6.45) is 0. The van der Waals surface area contributed by atoms with Gasteiger partial charge in [-0.3, -0.25) is 9.63 Å². The molecule has 0 bridgehead atoms. The Hall–Kier alpha value is -2.71. The maximum absolute atomic E-state index is 11.8. The monoisotopic (exact) mass is 331 g/mol. The predicted molar refractivity (Wildman–Crippen MR) is 83.4 cm³/mol. The lowest BCUT2D eigenvalue weighted by molar-refractivity contribution is -0.135. The number of carbonyl (C=O) groups excluding carboxylic acids is 1. The van der Waals surface area contributed by atoms with Crippen LogP contribution in [-0.2, 0) is 22.8 Å². The Morgan fingerprint density at radius 2 is 2.09 bits per heavy atom. The van der Waals surface area contributed by atoms with Gasteiger partial charge >= 0.3 is 5.76 Å². The maximum Gasteiger partial charge on any atom is 0.437 e. The van der Waals surface area contributed by atoms with E-state index in [4.69, 9.17) is 9.25 Å². The van der Waals surface area contributed by atoms with Crippen molar-refractivity contribution >= 4 is 17.2 Å². The van der Waals surface area contributed by atoms with Gasteiger partial charge in [0.05, 0.1) is 11.5 Å². The van der Waals surface area contributed by atoms with Gasteiger partial charge in [-0.05, 0) is 17.0 Å². The van der Waals surface area contributed by atoms with Crippen molar-refractivity contribution in [1.29, 1.82) is 0 Å². The average molecular weight is 331 g/mol. The number of hydrogen-bond donors (Lipinski definition) is 1. The lowest BCUT2D eigenvalue weighted by atomic mass is 10.2. The lowest BCUT2D eigenvalue weighted by Gasteiger charge is -2.05. The van der Waals surface area contributed by atoms with Crippen molar-refractivity contribution in [2.24, 2.45) is 0 Å². The molecule has 0 aliphatic carbocycles. The van der Waals surface area contributed by atoms with Crippen molar-refractivity contribution in [3.05, 3.63) is 64.0 Å². The minimum absolute atomic E-state index is 0.197. The van der Waals surface area contributed by atoms with Gasteiger partial charge in [-0.2, -0.15) is 4.68 Å². The summed E-state index contributed by atoms with van der Waals surface area (Å²) in [7, 11) is 0. The van der Waals surface area contributed by atoms with Gasteiger partial charge in [-0.1, -0.05) is 36.4 Å². The molecule has 0 unspecified atom stereocenters. The Morgan fingerprint density at radius 1 is 1.26 bits per heavy atom. The molecule has 0 atom stereocenters. The highest BCUT2D eigenvalue weighted by Crippen LogP contribution is 2.20. The van der Waals surface area contributed by atoms with Crippen LogP contribution in [0.25, 0.3) is 10.8 Å². The molecular formula is C15H13N3O4S. The largest absolute Gasteiger partial charge is 0.437 e. The molecule has 23 heavy (non-hydrogen) atoms. The molecule has 0 saturated carbocycles. The van der Waals surface area contributed by atoms with Crippen LogP contribution in [0, 0.1) is 0 Å². The number of nitrogens with one attached hydrogen (secondary N) is 1. The third kappa shape index (κ3) is 3.93. The first-order valence-electron chi connectivity index (χ1n) is 6.79. The van der Waals surface area contributed by atoms with Crippen LogP contribution in [-0.4, -0.2) is 15.7 Å². The van der Waals surface area contributed by atoms with Crippen molar-refractivity contribution in [2.45, 2.75) is 13.2 Å². The Labute approximate surface area is 135 Å². The number of amides is 1. The summed E-state index contributed by atoms with van der Waals surface area (Å²) >= 11 is 1.39. The number of thiophene rings is 1. The molecule has 3 rings (SSSR count). The molecule has 0 saturated heterocycles. The fraction of sp³-hybridized carbons (Fsp3) is 0.133. The van der Waals surface area contributed by atoms with Crippen molar-refractivity contribution in [2.75, 3.05) is 0 Å². The van der Waals surface area contributed by atoms with Gasteiger partial charge in [0.25, 0.3) is 11.8 Å². The molecule has 1 N–H and O–H groups in total. The van der Waals surface area contributed by atoms with Crippen LogP contribution in [0.5, 0.6) is 0 Å². The molecule has 8 heteroatoms. The van der Waals surface area contributed by atoms with E-state index in [-0.39, 0.29) is 19.0 Å². The Bertz CT molecular complexity index is 824. The second-order valence-corrected chi connectivity index (χ2v) is 5.56. The summed E-state index contributed by atoms with van der Waals surface area (Å²) in [5.74, 6) is -0.983. The van der Waals surface area contributed by atoms with E-state index in [9.17, 15) is 9.59 Å². The first-order valence-corrected chi connectivity index (χ1v) is 7.67. The second kappa shape index (κ2) is 7.03. The topological polar surface area (TPSA) is 86.4 Å². The highest BCUT2D eigenvalue weighted by Gasteiger charge is 2.13. The molecule has 0 radical (unpaired) electrons. The molecule has 0 fully saturated rings. The van der Waals surface area contributed by atoms with Gasteiger partial charge in [0, 0.05) is 0 Å². The Kier molecular flexibility index (Phi) is 4.65. The Morgan fingerprint density at radius 3 is 2.83 bits per heavy atom. The van der Waals surface area contributed by atoms with E-state index >= 15 is 0 Å². The minimum Gasteiger partial charge on any atom is -0.387 e. The zero-order chi connectivity index (χ0) is 16.1. The van der Waals surface area contributed by atoms with Crippen LogP contribution in [0.3, 0.4) is 0 Å². The number of aromatic nitrogens is 2. The lowest BCUT2D eigenvalue weighted by Crippen LogP contribution is -2.31. The first kappa shape index (κ1) is 15.2. The van der Waals surface area contributed by atoms with Crippen LogP contribution in [0.1, 0.15) is 5.56 Å². The minimum atomic E-state index is -0.688. The van der Waals surface area contributed by atoms with Gasteiger partial charge in [0.1, 0.15) is 6.54 Å². The Balaban J connectivity index is 1.55. The van der Waals surface area contributed by atoms with Crippen LogP contribution >= 0.6 is 11.3 Å². The number of nitrogens with zero attached hydrogens (tertiary/aromatic N) is 2. The van der Waals surface area contributed by atoms with Crippen LogP contribution < -0.4 is 11.2 Å². The predicted octanol–water partition coefficient (Wildman–Crippen LogP) is 1.81. The smallest absolute Gasteiger partial charge is 0.387 e. The summed E-state index contributed by atoms with van der Waals surface area (Å²) in [6, 6.07) is 13.0. The van der Waals surface area contributed by atoms with Crippen molar-refractivity contribution in [3.63, 3.8) is 0 Å². The van der Waals surface area contributed by atoms with E-state index in [1.54, 1.807) is 6.07 Å². The summed E-state index contributed by atoms with van der Waals surface area (Å²) in [4.78, 5) is 29.3. The van der Waals surface area contributed by atoms with Crippen LogP contribution in [0.15, 0.2) is 57.1 Å². The molecule has 0 spiro atoms. The van der Waals surface area contributed by atoms with E-state index in [0.717, 1.165) is 15.1 Å². The molecular weight excluding hydrogens is 318 g/mol. The highest BCUT2D eigenvalue weighted by molar-refractivity contribution is 7.13. The van der Waals surface area contributed by atoms with E-state index in [0.29, 0.717) is 0 Å². The quantitative estimate of drug-likeness (QED) is 0.696. The van der Waals surface area contributed by atoms with E-state index in [1.165, 1.54) is 11.3 Å². The summed E-state index contributed by atoms with van der Waals surface area (Å²) in [5.41, 5.74) is 3.20.